The molecule has 0 rings (SSSR count). The Bertz CT molecular complexity index is 235. The molecule has 0 radical (unpaired) electrons. The Hall–Kier alpha value is -0.249. The normalized spacial score (nSPS) is 18.6. The highest BCUT2D eigenvalue weighted by atomic mass is 28.4. The van der Waals surface area contributed by atoms with Crippen LogP contribution in [0.4, 0.5) is 0 Å². The van der Waals surface area contributed by atoms with Crippen LogP contribution in [0.5, 0.6) is 0 Å². The summed E-state index contributed by atoms with van der Waals surface area (Å²) in [5.74, 6) is 0. The van der Waals surface area contributed by atoms with Crippen LogP contribution in [0.25, 0.3) is 0 Å². The molecule has 0 aliphatic carbocycles. The van der Waals surface area contributed by atoms with Crippen LogP contribution in [0.2, 0.25) is 19.6 Å². The van der Waals surface area contributed by atoms with Gasteiger partial charge in [-0.25, -0.2) is 0 Å². The van der Waals surface area contributed by atoms with Crippen molar-refractivity contribution in [3.63, 3.8) is 0 Å². The fourth-order valence-corrected chi connectivity index (χ4v) is 6.13. The van der Waals surface area contributed by atoms with Crippen molar-refractivity contribution in [3.8, 4) is 0 Å². The van der Waals surface area contributed by atoms with E-state index in [2.05, 4.69) is 19.7 Å². The summed E-state index contributed by atoms with van der Waals surface area (Å²) in [5.41, 5.74) is 5.38. The molecule has 0 fully saturated rings. The summed E-state index contributed by atoms with van der Waals surface area (Å²) in [4.78, 5) is 0. The van der Waals surface area contributed by atoms with Crippen molar-refractivity contribution in [2.75, 3.05) is 0 Å². The highest BCUT2D eigenvalue weighted by molar-refractivity contribution is 6.79. The SMILES string of the molecule is C=C[SiH](C)OO[Si](C)(C=C)O[SiH](C)C=C. The van der Waals surface area contributed by atoms with Gasteiger partial charge in [-0.3, -0.25) is 9.15 Å². The van der Waals surface area contributed by atoms with Gasteiger partial charge in [-0.2, -0.15) is 0 Å². The lowest BCUT2D eigenvalue weighted by Crippen LogP contribution is -2.42. The van der Waals surface area contributed by atoms with Gasteiger partial charge in [-0.05, 0) is 25.3 Å². The van der Waals surface area contributed by atoms with Gasteiger partial charge in [0.1, 0.15) is 0 Å². The third-order valence-corrected chi connectivity index (χ3v) is 8.27. The van der Waals surface area contributed by atoms with Crippen molar-refractivity contribution in [3.05, 3.63) is 36.8 Å². The first-order valence-corrected chi connectivity index (χ1v) is 11.9. The van der Waals surface area contributed by atoms with Gasteiger partial charge in [0.2, 0.25) is 9.04 Å². The van der Waals surface area contributed by atoms with Gasteiger partial charge in [0.25, 0.3) is 0 Å². The summed E-state index contributed by atoms with van der Waals surface area (Å²) in [7, 11) is -5.14. The first-order chi connectivity index (χ1) is 6.97. The van der Waals surface area contributed by atoms with E-state index in [1.807, 2.05) is 25.3 Å². The van der Waals surface area contributed by atoms with Gasteiger partial charge in [0.15, 0.2) is 9.04 Å². The van der Waals surface area contributed by atoms with Gasteiger partial charge in [-0.15, -0.1) is 19.7 Å². The molecule has 0 saturated carbocycles. The third kappa shape index (κ3) is 6.03. The minimum Gasteiger partial charge on any atom is -0.431 e. The smallest absolute Gasteiger partial charge is 0.384 e. The zero-order chi connectivity index (χ0) is 11.9. The molecule has 3 nitrogen and oxygen atoms in total. The van der Waals surface area contributed by atoms with Crippen LogP contribution in [0.3, 0.4) is 0 Å². The molecule has 0 aromatic heterocycles. The highest BCUT2D eigenvalue weighted by Gasteiger charge is 2.31. The van der Waals surface area contributed by atoms with Crippen LogP contribution in [0.15, 0.2) is 36.8 Å². The maximum Gasteiger partial charge on any atom is 0.384 e. The van der Waals surface area contributed by atoms with E-state index in [-0.39, 0.29) is 0 Å². The third-order valence-electron chi connectivity index (χ3n) is 1.82. The summed E-state index contributed by atoms with van der Waals surface area (Å²) < 4.78 is 16.5. The van der Waals surface area contributed by atoms with Gasteiger partial charge < -0.3 is 4.12 Å². The van der Waals surface area contributed by atoms with E-state index in [9.17, 15) is 0 Å². The van der Waals surface area contributed by atoms with Gasteiger partial charge >= 0.3 is 8.56 Å². The lowest BCUT2D eigenvalue weighted by Gasteiger charge is -2.25. The molecule has 0 aliphatic heterocycles. The molecule has 0 spiro atoms. The maximum absolute atomic E-state index is 5.81. The molecular weight excluding hydrogens is 240 g/mol. The topological polar surface area (TPSA) is 27.7 Å². The van der Waals surface area contributed by atoms with Gasteiger partial charge in [0.05, 0.1) is 0 Å². The number of hydrogen-bond acceptors (Lipinski definition) is 3. The predicted molar refractivity (Wildman–Crippen MR) is 71.5 cm³/mol. The minimum atomic E-state index is -2.37. The molecule has 15 heavy (non-hydrogen) atoms. The fraction of sp³-hybridized carbons (Fsp3) is 0.333. The van der Waals surface area contributed by atoms with E-state index in [0.29, 0.717) is 0 Å². The van der Waals surface area contributed by atoms with Crippen molar-refractivity contribution in [1.29, 1.82) is 0 Å². The molecule has 0 bridgehead atoms. The Labute approximate surface area is 96.7 Å². The second-order valence-electron chi connectivity index (χ2n) is 3.40. The molecule has 0 aromatic carbocycles. The first kappa shape index (κ1) is 14.8. The van der Waals surface area contributed by atoms with Crippen LogP contribution < -0.4 is 0 Å². The lowest BCUT2D eigenvalue weighted by molar-refractivity contribution is -0.127. The predicted octanol–water partition coefficient (Wildman–Crippen LogP) is 1.91. The average Bonchev–Trinajstić information content (AvgIpc) is 2.25. The standard InChI is InChI=1S/C9H20O3Si3/c1-7-13(4)10-11-15(6,9-3)12-14(5)8-2/h7-9,13-14H,1-3H2,4-6H3. The zero-order valence-electron chi connectivity index (χ0n) is 9.73. The molecule has 6 heteroatoms. The van der Waals surface area contributed by atoms with Gasteiger partial charge in [-0.1, -0.05) is 11.4 Å². The molecule has 0 saturated heterocycles. The van der Waals surface area contributed by atoms with Crippen LogP contribution in [-0.4, -0.2) is 26.6 Å². The van der Waals surface area contributed by atoms with Gasteiger partial charge in [0, 0.05) is 0 Å². The summed E-state index contributed by atoms with van der Waals surface area (Å²) in [6, 6.07) is 0. The molecule has 3 atom stereocenters. The monoisotopic (exact) mass is 260 g/mol. The van der Waals surface area contributed by atoms with E-state index >= 15 is 0 Å². The van der Waals surface area contributed by atoms with Crippen molar-refractivity contribution < 1.29 is 13.3 Å². The van der Waals surface area contributed by atoms with E-state index in [4.69, 9.17) is 13.3 Å². The Morgan fingerprint density at radius 2 is 1.60 bits per heavy atom. The molecule has 0 aliphatic rings. The van der Waals surface area contributed by atoms with E-state index in [1.165, 1.54) is 0 Å². The molecule has 0 amide bonds. The zero-order valence-corrected chi connectivity index (χ0v) is 13.0. The van der Waals surface area contributed by atoms with Crippen molar-refractivity contribution in [1.82, 2.24) is 0 Å². The van der Waals surface area contributed by atoms with E-state index in [0.717, 1.165) is 0 Å². The molecule has 0 aromatic rings. The summed E-state index contributed by atoms with van der Waals surface area (Å²) in [5, 5.41) is 0. The van der Waals surface area contributed by atoms with Crippen molar-refractivity contribution in [2.24, 2.45) is 0 Å². The Balaban J connectivity index is 4.23. The Morgan fingerprint density at radius 1 is 1.07 bits per heavy atom. The number of rotatable bonds is 8. The minimum absolute atomic E-state index is 1.36. The molecule has 0 N–H and O–H groups in total. The van der Waals surface area contributed by atoms with Crippen molar-refractivity contribution >= 4 is 26.6 Å². The quantitative estimate of drug-likeness (QED) is 0.379. The molecule has 86 valence electrons. The van der Waals surface area contributed by atoms with Crippen LogP contribution in [0.1, 0.15) is 0 Å². The van der Waals surface area contributed by atoms with E-state index < -0.39 is 26.6 Å². The first-order valence-electron chi connectivity index (χ1n) is 4.88. The summed E-state index contributed by atoms with van der Waals surface area (Å²) >= 11 is 0. The largest absolute Gasteiger partial charge is 0.431 e. The highest BCUT2D eigenvalue weighted by Crippen LogP contribution is 2.11. The van der Waals surface area contributed by atoms with Crippen LogP contribution in [-0.2, 0) is 13.3 Å². The second-order valence-corrected chi connectivity index (χ2v) is 10.9. The Morgan fingerprint density at radius 3 is 2.00 bits per heavy atom. The summed E-state index contributed by atoms with van der Waals surface area (Å²) in [6.07, 6.45) is 0. The molecule has 3 unspecified atom stereocenters. The van der Waals surface area contributed by atoms with Crippen LogP contribution in [0, 0.1) is 0 Å². The Kier molecular flexibility index (Phi) is 6.98. The number of hydrogen-bond donors (Lipinski definition) is 0. The molecular formula is C9H20O3Si3. The summed E-state index contributed by atoms with van der Waals surface area (Å²) in [6.45, 7) is 17.0. The van der Waals surface area contributed by atoms with E-state index in [1.54, 1.807) is 11.4 Å². The maximum atomic E-state index is 5.81. The fourth-order valence-electron chi connectivity index (χ4n) is 0.730. The van der Waals surface area contributed by atoms with Crippen molar-refractivity contribution in [2.45, 2.75) is 19.6 Å². The second kappa shape index (κ2) is 7.10. The molecule has 0 heterocycles. The average molecular weight is 261 g/mol. The lowest BCUT2D eigenvalue weighted by atomic mass is 11.3. The van der Waals surface area contributed by atoms with Crippen LogP contribution >= 0.6 is 0 Å².